The van der Waals surface area contributed by atoms with Crippen molar-refractivity contribution in [2.45, 2.75) is 31.9 Å². The second kappa shape index (κ2) is 6.40. The number of ether oxygens (including phenoxy) is 2. The van der Waals surface area contributed by atoms with Gasteiger partial charge in [0.05, 0.1) is 19.6 Å². The van der Waals surface area contributed by atoms with Crippen LogP contribution in [0.3, 0.4) is 0 Å². The van der Waals surface area contributed by atoms with Crippen LogP contribution in [0.2, 0.25) is 0 Å². The number of hydrogen-bond donors (Lipinski definition) is 1. The maximum atomic E-state index is 11.7. The molecule has 1 unspecified atom stereocenters. The fourth-order valence-corrected chi connectivity index (χ4v) is 2.03. The van der Waals surface area contributed by atoms with E-state index < -0.39 is 0 Å². The lowest BCUT2D eigenvalue weighted by molar-refractivity contribution is -0.123. The van der Waals surface area contributed by atoms with Gasteiger partial charge >= 0.3 is 0 Å². The molecule has 1 aliphatic rings. The van der Waals surface area contributed by atoms with E-state index in [1.807, 2.05) is 24.3 Å². The Bertz CT molecular complexity index is 383. The van der Waals surface area contributed by atoms with Crippen molar-refractivity contribution < 1.29 is 14.3 Å². The smallest absolute Gasteiger partial charge is 0.222 e. The number of methoxy groups -OCH3 is 1. The van der Waals surface area contributed by atoms with Gasteiger partial charge in [0.15, 0.2) is 0 Å². The van der Waals surface area contributed by atoms with Gasteiger partial charge in [0, 0.05) is 13.2 Å². The maximum absolute atomic E-state index is 11.7. The van der Waals surface area contributed by atoms with E-state index in [0.29, 0.717) is 13.0 Å². The van der Waals surface area contributed by atoms with Crippen LogP contribution in [-0.2, 0) is 16.1 Å². The first-order valence-electron chi connectivity index (χ1n) is 6.29. The second-order valence-corrected chi connectivity index (χ2v) is 4.46. The predicted octanol–water partition coefficient (Wildman–Crippen LogP) is 1.88. The normalized spacial score (nSPS) is 18.6. The van der Waals surface area contributed by atoms with Crippen LogP contribution < -0.4 is 10.1 Å². The first kappa shape index (κ1) is 12.9. The van der Waals surface area contributed by atoms with Crippen molar-refractivity contribution in [2.24, 2.45) is 0 Å². The Morgan fingerprint density at radius 1 is 1.44 bits per heavy atom. The molecule has 4 heteroatoms. The molecule has 0 saturated carbocycles. The fraction of sp³-hybridized carbons (Fsp3) is 0.500. The Morgan fingerprint density at radius 3 is 2.83 bits per heavy atom. The molecule has 2 rings (SSSR count). The largest absolute Gasteiger partial charge is 0.497 e. The van der Waals surface area contributed by atoms with E-state index in [-0.39, 0.29) is 12.0 Å². The topological polar surface area (TPSA) is 47.6 Å². The van der Waals surface area contributed by atoms with Crippen LogP contribution in [0.25, 0.3) is 0 Å². The number of amides is 1. The lowest BCUT2D eigenvalue weighted by atomic mass is 10.1. The number of rotatable bonds is 5. The van der Waals surface area contributed by atoms with Gasteiger partial charge in [-0.2, -0.15) is 0 Å². The summed E-state index contributed by atoms with van der Waals surface area (Å²) in [4.78, 5) is 11.7. The maximum Gasteiger partial charge on any atom is 0.222 e. The van der Waals surface area contributed by atoms with Crippen molar-refractivity contribution in [1.29, 1.82) is 0 Å². The van der Waals surface area contributed by atoms with Gasteiger partial charge in [-0.25, -0.2) is 0 Å². The summed E-state index contributed by atoms with van der Waals surface area (Å²) in [5, 5.41) is 2.90. The molecule has 4 nitrogen and oxygen atoms in total. The van der Waals surface area contributed by atoms with Crippen LogP contribution in [0.4, 0.5) is 0 Å². The Labute approximate surface area is 107 Å². The molecule has 1 aromatic rings. The highest BCUT2D eigenvalue weighted by molar-refractivity contribution is 5.76. The standard InChI is InChI=1S/C14H19NO3/c1-17-12-6-4-11(5-7-12)10-15-14(16)9-13-3-2-8-18-13/h4-7,13H,2-3,8-10H2,1H3,(H,15,16). The van der Waals surface area contributed by atoms with E-state index >= 15 is 0 Å². The van der Waals surface area contributed by atoms with Gasteiger partial charge in [-0.3, -0.25) is 4.79 Å². The van der Waals surface area contributed by atoms with Gasteiger partial charge in [0.1, 0.15) is 5.75 Å². The van der Waals surface area contributed by atoms with E-state index in [1.165, 1.54) is 0 Å². The molecule has 0 radical (unpaired) electrons. The molecule has 0 bridgehead atoms. The summed E-state index contributed by atoms with van der Waals surface area (Å²) >= 11 is 0. The summed E-state index contributed by atoms with van der Waals surface area (Å²) in [7, 11) is 1.64. The number of carbonyl (C=O) groups is 1. The summed E-state index contributed by atoms with van der Waals surface area (Å²) in [6.45, 7) is 1.34. The number of nitrogens with one attached hydrogen (secondary N) is 1. The molecular formula is C14H19NO3. The lowest BCUT2D eigenvalue weighted by Crippen LogP contribution is -2.26. The summed E-state index contributed by atoms with van der Waals surface area (Å²) in [5.41, 5.74) is 1.07. The molecule has 1 heterocycles. The molecule has 1 atom stereocenters. The van der Waals surface area contributed by atoms with Crippen LogP contribution in [0.5, 0.6) is 5.75 Å². The van der Waals surface area contributed by atoms with Gasteiger partial charge in [0.25, 0.3) is 0 Å². The van der Waals surface area contributed by atoms with Crippen molar-refractivity contribution in [1.82, 2.24) is 5.32 Å². The Balaban J connectivity index is 1.74. The molecule has 0 spiro atoms. The predicted molar refractivity (Wildman–Crippen MR) is 68.4 cm³/mol. The van der Waals surface area contributed by atoms with Crippen LogP contribution in [0, 0.1) is 0 Å². The number of carbonyl (C=O) groups excluding carboxylic acids is 1. The zero-order valence-corrected chi connectivity index (χ0v) is 10.6. The summed E-state index contributed by atoms with van der Waals surface area (Å²) in [5.74, 6) is 0.877. The minimum absolute atomic E-state index is 0.0534. The molecule has 1 N–H and O–H groups in total. The molecule has 1 fully saturated rings. The molecule has 1 amide bonds. The van der Waals surface area contributed by atoms with Crippen LogP contribution >= 0.6 is 0 Å². The highest BCUT2D eigenvalue weighted by Gasteiger charge is 2.18. The van der Waals surface area contributed by atoms with Crippen molar-refractivity contribution in [3.8, 4) is 5.75 Å². The number of benzene rings is 1. The molecule has 0 aliphatic carbocycles. The van der Waals surface area contributed by atoms with Gasteiger partial charge in [0.2, 0.25) is 5.91 Å². The average Bonchev–Trinajstić information content (AvgIpc) is 2.90. The minimum atomic E-state index is 0.0534. The zero-order valence-electron chi connectivity index (χ0n) is 10.6. The molecule has 98 valence electrons. The number of hydrogen-bond acceptors (Lipinski definition) is 3. The first-order valence-corrected chi connectivity index (χ1v) is 6.29. The Hall–Kier alpha value is -1.55. The van der Waals surface area contributed by atoms with Crippen molar-refractivity contribution in [3.63, 3.8) is 0 Å². The summed E-state index contributed by atoms with van der Waals surface area (Å²) in [6, 6.07) is 7.68. The van der Waals surface area contributed by atoms with Gasteiger partial charge in [-0.15, -0.1) is 0 Å². The van der Waals surface area contributed by atoms with Gasteiger partial charge < -0.3 is 14.8 Å². The quantitative estimate of drug-likeness (QED) is 0.866. The van der Waals surface area contributed by atoms with E-state index in [2.05, 4.69) is 5.32 Å². The van der Waals surface area contributed by atoms with E-state index in [1.54, 1.807) is 7.11 Å². The third-order valence-corrected chi connectivity index (χ3v) is 3.09. The molecule has 1 aromatic carbocycles. The molecule has 0 aromatic heterocycles. The molecule has 1 saturated heterocycles. The van der Waals surface area contributed by atoms with E-state index in [9.17, 15) is 4.79 Å². The minimum Gasteiger partial charge on any atom is -0.497 e. The van der Waals surface area contributed by atoms with Crippen LogP contribution in [0.15, 0.2) is 24.3 Å². The third-order valence-electron chi connectivity index (χ3n) is 3.09. The van der Waals surface area contributed by atoms with Crippen molar-refractivity contribution in [3.05, 3.63) is 29.8 Å². The highest BCUT2D eigenvalue weighted by atomic mass is 16.5. The molecular weight excluding hydrogens is 230 g/mol. The Kier molecular flexibility index (Phi) is 4.59. The highest BCUT2D eigenvalue weighted by Crippen LogP contribution is 2.15. The lowest BCUT2D eigenvalue weighted by Gasteiger charge is -2.10. The van der Waals surface area contributed by atoms with E-state index in [0.717, 1.165) is 30.8 Å². The second-order valence-electron chi connectivity index (χ2n) is 4.46. The molecule has 18 heavy (non-hydrogen) atoms. The average molecular weight is 249 g/mol. The van der Waals surface area contributed by atoms with Crippen molar-refractivity contribution >= 4 is 5.91 Å². The Morgan fingerprint density at radius 2 is 2.22 bits per heavy atom. The first-order chi connectivity index (χ1) is 8.78. The van der Waals surface area contributed by atoms with Crippen molar-refractivity contribution in [2.75, 3.05) is 13.7 Å². The van der Waals surface area contributed by atoms with E-state index in [4.69, 9.17) is 9.47 Å². The van der Waals surface area contributed by atoms with Gasteiger partial charge in [-0.05, 0) is 30.5 Å². The SMILES string of the molecule is COc1ccc(CNC(=O)CC2CCCO2)cc1. The summed E-state index contributed by atoms with van der Waals surface area (Å²) < 4.78 is 10.5. The van der Waals surface area contributed by atoms with Crippen LogP contribution in [-0.4, -0.2) is 25.7 Å². The summed E-state index contributed by atoms with van der Waals surface area (Å²) in [6.07, 6.45) is 2.64. The zero-order chi connectivity index (χ0) is 12.8. The molecule has 1 aliphatic heterocycles. The third kappa shape index (κ3) is 3.74. The monoisotopic (exact) mass is 249 g/mol. The van der Waals surface area contributed by atoms with Gasteiger partial charge in [-0.1, -0.05) is 12.1 Å². The fourth-order valence-electron chi connectivity index (χ4n) is 2.03. The van der Waals surface area contributed by atoms with Crippen LogP contribution in [0.1, 0.15) is 24.8 Å².